The fourth-order valence-electron chi connectivity index (χ4n) is 2.84. The predicted octanol–water partition coefficient (Wildman–Crippen LogP) is 2.48. The third-order valence-corrected chi connectivity index (χ3v) is 7.95. The number of hydrogen-bond acceptors (Lipinski definition) is 4. The van der Waals surface area contributed by atoms with Crippen molar-refractivity contribution in [3.8, 4) is 0 Å². The van der Waals surface area contributed by atoms with Gasteiger partial charge in [-0.05, 0) is 30.5 Å². The number of thioether (sulfide) groups is 1. The minimum Gasteiger partial charge on any atom is -0.357 e. The molecule has 8 heteroatoms. The zero-order valence-corrected chi connectivity index (χ0v) is 18.6. The first kappa shape index (κ1) is 22.0. The first-order chi connectivity index (χ1) is 12.8. The summed E-state index contributed by atoms with van der Waals surface area (Å²) in [6.07, 6.45) is 0. The van der Waals surface area contributed by atoms with Gasteiger partial charge in [0, 0.05) is 44.7 Å². The van der Waals surface area contributed by atoms with Crippen LogP contribution in [0.2, 0.25) is 0 Å². The molecule has 0 radical (unpaired) electrons. The van der Waals surface area contributed by atoms with E-state index in [2.05, 4.69) is 31.0 Å². The van der Waals surface area contributed by atoms with Gasteiger partial charge in [0.05, 0.1) is 11.4 Å². The molecule has 0 aromatic heterocycles. The fraction of sp³-hybridized carbons (Fsp3) is 0.632. The van der Waals surface area contributed by atoms with Crippen molar-refractivity contribution in [2.45, 2.75) is 37.5 Å². The molecule has 6 nitrogen and oxygen atoms in total. The average Bonchev–Trinajstić information content (AvgIpc) is 2.65. The summed E-state index contributed by atoms with van der Waals surface area (Å²) in [4.78, 5) is 7.44. The Balaban J connectivity index is 2.10. The third kappa shape index (κ3) is 5.86. The molecule has 0 spiro atoms. The molecule has 0 aliphatic carbocycles. The van der Waals surface area contributed by atoms with Crippen LogP contribution in [0.1, 0.15) is 26.3 Å². The second-order valence-corrected chi connectivity index (χ2v) is 10.7. The second-order valence-electron chi connectivity index (χ2n) is 7.20. The van der Waals surface area contributed by atoms with Crippen molar-refractivity contribution in [3.63, 3.8) is 0 Å². The lowest BCUT2D eigenvalue weighted by molar-refractivity contribution is 0.381. The van der Waals surface area contributed by atoms with E-state index in [-0.39, 0.29) is 0 Å². The Bertz CT molecular complexity index is 731. The third-order valence-electron chi connectivity index (χ3n) is 4.58. The maximum Gasteiger partial charge on any atom is 0.242 e. The van der Waals surface area contributed by atoms with Crippen molar-refractivity contribution in [3.05, 3.63) is 29.8 Å². The molecule has 0 saturated carbocycles. The molecular weight excluding hydrogens is 380 g/mol. The molecule has 1 fully saturated rings. The van der Waals surface area contributed by atoms with Crippen molar-refractivity contribution < 1.29 is 8.42 Å². The van der Waals surface area contributed by atoms with E-state index in [0.29, 0.717) is 22.6 Å². The lowest BCUT2D eigenvalue weighted by Crippen LogP contribution is -2.49. The van der Waals surface area contributed by atoms with Crippen LogP contribution in [0.5, 0.6) is 0 Å². The van der Waals surface area contributed by atoms with Gasteiger partial charge in [-0.2, -0.15) is 11.8 Å². The van der Waals surface area contributed by atoms with Gasteiger partial charge in [0.15, 0.2) is 5.96 Å². The van der Waals surface area contributed by atoms with Gasteiger partial charge in [-0.3, -0.25) is 0 Å². The van der Waals surface area contributed by atoms with Crippen LogP contribution in [0.15, 0.2) is 34.2 Å². The van der Waals surface area contributed by atoms with E-state index in [4.69, 9.17) is 4.99 Å². The minimum atomic E-state index is -3.39. The summed E-state index contributed by atoms with van der Waals surface area (Å²) in [7, 11) is -0.312. The maximum absolute atomic E-state index is 12.2. The van der Waals surface area contributed by atoms with Crippen LogP contribution in [-0.2, 0) is 16.6 Å². The fourth-order valence-corrected chi connectivity index (χ4v) is 5.04. The first-order valence-corrected chi connectivity index (χ1v) is 11.9. The van der Waals surface area contributed by atoms with Crippen LogP contribution in [0.25, 0.3) is 0 Å². The summed E-state index contributed by atoms with van der Waals surface area (Å²) in [6, 6.07) is 6.98. The van der Waals surface area contributed by atoms with Gasteiger partial charge in [-0.1, -0.05) is 26.0 Å². The number of nitrogens with zero attached hydrogens (tertiary/aromatic N) is 3. The minimum absolute atomic E-state index is 0.306. The Morgan fingerprint density at radius 2 is 2.00 bits per heavy atom. The molecule has 1 aromatic rings. The number of hydrogen-bond donors (Lipinski definition) is 1. The topological polar surface area (TPSA) is 65.0 Å². The zero-order valence-electron chi connectivity index (χ0n) is 17.0. The number of benzene rings is 1. The van der Waals surface area contributed by atoms with Crippen LogP contribution in [0.4, 0.5) is 0 Å². The standard InChI is InChI=1S/C19H32N4O2S2/c1-6-20-19(23-11-12-26-18(14-23)15(2)3)21-13-16-7-9-17(10-8-16)27(24,25)22(4)5/h7-10,15,18H,6,11-14H2,1-5H3,(H,20,21). The number of guanidine groups is 1. The normalized spacial score (nSPS) is 19.0. The SMILES string of the molecule is CCNC(=NCc1ccc(S(=O)(=O)N(C)C)cc1)N1CCSC(C(C)C)C1. The number of nitrogens with one attached hydrogen (secondary N) is 1. The molecule has 1 aromatic carbocycles. The van der Waals surface area contributed by atoms with E-state index in [1.807, 2.05) is 23.9 Å². The first-order valence-electron chi connectivity index (χ1n) is 9.42. The van der Waals surface area contributed by atoms with Gasteiger partial charge in [0.1, 0.15) is 0 Å². The molecule has 1 heterocycles. The van der Waals surface area contributed by atoms with E-state index < -0.39 is 10.0 Å². The average molecular weight is 413 g/mol. The van der Waals surface area contributed by atoms with Crippen molar-refractivity contribution in [1.29, 1.82) is 0 Å². The van der Waals surface area contributed by atoms with Gasteiger partial charge in [-0.15, -0.1) is 0 Å². The predicted molar refractivity (Wildman–Crippen MR) is 115 cm³/mol. The monoisotopic (exact) mass is 412 g/mol. The Morgan fingerprint density at radius 3 is 2.56 bits per heavy atom. The zero-order chi connectivity index (χ0) is 20.0. The van der Waals surface area contributed by atoms with Gasteiger partial charge < -0.3 is 10.2 Å². The summed E-state index contributed by atoms with van der Waals surface area (Å²) in [5, 5.41) is 4.02. The second kappa shape index (κ2) is 9.80. The smallest absolute Gasteiger partial charge is 0.242 e. The van der Waals surface area contributed by atoms with Crippen LogP contribution in [-0.4, -0.2) is 68.3 Å². The molecule has 1 unspecified atom stereocenters. The molecular formula is C19H32N4O2S2. The number of aliphatic imine (C=N–C) groups is 1. The van der Waals surface area contributed by atoms with Gasteiger partial charge >= 0.3 is 0 Å². The van der Waals surface area contributed by atoms with E-state index in [1.165, 1.54) is 18.4 Å². The Kier molecular flexibility index (Phi) is 8.00. The molecule has 1 atom stereocenters. The van der Waals surface area contributed by atoms with Gasteiger partial charge in [0.25, 0.3) is 0 Å². The Hall–Kier alpha value is -1.25. The van der Waals surface area contributed by atoms with E-state index in [9.17, 15) is 8.42 Å². The van der Waals surface area contributed by atoms with Crippen molar-refractivity contribution in [1.82, 2.24) is 14.5 Å². The summed E-state index contributed by atoms with van der Waals surface area (Å²) in [5.41, 5.74) is 0.995. The van der Waals surface area contributed by atoms with E-state index in [1.54, 1.807) is 12.1 Å². The Labute approximate surface area is 168 Å². The molecule has 1 saturated heterocycles. The molecule has 27 heavy (non-hydrogen) atoms. The van der Waals surface area contributed by atoms with Crippen LogP contribution < -0.4 is 5.32 Å². The number of rotatable bonds is 6. The van der Waals surface area contributed by atoms with Crippen molar-refractivity contribution in [2.75, 3.05) is 39.5 Å². The van der Waals surface area contributed by atoms with E-state index in [0.717, 1.165) is 36.9 Å². The highest BCUT2D eigenvalue weighted by molar-refractivity contribution is 8.00. The molecule has 1 N–H and O–H groups in total. The molecule has 0 bridgehead atoms. The molecule has 152 valence electrons. The quantitative estimate of drug-likeness (QED) is 0.574. The summed E-state index contributed by atoms with van der Waals surface area (Å²) in [5.74, 6) is 2.70. The summed E-state index contributed by atoms with van der Waals surface area (Å²) in [6.45, 7) is 9.99. The van der Waals surface area contributed by atoms with Gasteiger partial charge in [0.2, 0.25) is 10.0 Å². The molecule has 2 rings (SSSR count). The lowest BCUT2D eigenvalue weighted by Gasteiger charge is -2.36. The van der Waals surface area contributed by atoms with E-state index >= 15 is 0 Å². The molecule has 0 amide bonds. The molecule has 1 aliphatic rings. The maximum atomic E-state index is 12.2. The van der Waals surface area contributed by atoms with Crippen LogP contribution in [0.3, 0.4) is 0 Å². The number of sulfonamides is 1. The largest absolute Gasteiger partial charge is 0.357 e. The van der Waals surface area contributed by atoms with Crippen molar-refractivity contribution in [2.24, 2.45) is 10.9 Å². The summed E-state index contributed by atoms with van der Waals surface area (Å²) >= 11 is 2.05. The summed E-state index contributed by atoms with van der Waals surface area (Å²) < 4.78 is 25.6. The highest BCUT2D eigenvalue weighted by Gasteiger charge is 2.24. The highest BCUT2D eigenvalue weighted by atomic mass is 32.2. The lowest BCUT2D eigenvalue weighted by atomic mass is 10.1. The highest BCUT2D eigenvalue weighted by Crippen LogP contribution is 2.25. The van der Waals surface area contributed by atoms with Crippen LogP contribution >= 0.6 is 11.8 Å². The van der Waals surface area contributed by atoms with Crippen LogP contribution in [0, 0.1) is 5.92 Å². The van der Waals surface area contributed by atoms with Gasteiger partial charge in [-0.25, -0.2) is 17.7 Å². The Morgan fingerprint density at radius 1 is 1.33 bits per heavy atom. The molecule has 1 aliphatic heterocycles. The van der Waals surface area contributed by atoms with Crippen molar-refractivity contribution >= 4 is 27.7 Å².